The molecule has 0 bridgehead atoms. The van der Waals surface area contributed by atoms with Crippen molar-refractivity contribution in [2.75, 3.05) is 7.11 Å². The van der Waals surface area contributed by atoms with E-state index in [9.17, 15) is 4.79 Å². The molecule has 2 nitrogen and oxygen atoms in total. The maximum absolute atomic E-state index is 11.4. The predicted octanol–water partition coefficient (Wildman–Crippen LogP) is 1.31. The highest BCUT2D eigenvalue weighted by Crippen LogP contribution is 2.50. The Morgan fingerprint density at radius 3 is 2.73 bits per heavy atom. The van der Waals surface area contributed by atoms with Gasteiger partial charge in [-0.25, -0.2) is 0 Å². The van der Waals surface area contributed by atoms with E-state index in [0.29, 0.717) is 5.92 Å². The van der Waals surface area contributed by atoms with Crippen molar-refractivity contribution in [1.82, 2.24) is 0 Å². The summed E-state index contributed by atoms with van der Waals surface area (Å²) in [5.74, 6) is 0.564. The molecular weight excluding hydrogens is 140 g/mol. The second-order valence-electron chi connectivity index (χ2n) is 3.44. The molecule has 1 fully saturated rings. The van der Waals surface area contributed by atoms with Crippen LogP contribution in [0.1, 0.15) is 19.8 Å². The van der Waals surface area contributed by atoms with Crippen LogP contribution < -0.4 is 0 Å². The van der Waals surface area contributed by atoms with Gasteiger partial charge in [0.05, 0.1) is 0 Å². The van der Waals surface area contributed by atoms with Crippen LogP contribution in [0.4, 0.5) is 0 Å². The fraction of sp³-hybridized carbons (Fsp3) is 0.667. The zero-order valence-corrected chi connectivity index (χ0v) is 6.89. The van der Waals surface area contributed by atoms with Crippen LogP contribution in [0.2, 0.25) is 0 Å². The molecule has 0 heterocycles. The Labute approximate surface area is 66.2 Å². The third-order valence-corrected chi connectivity index (χ3v) is 3.06. The molecular formula is C9H12O2. The molecule has 0 aromatic rings. The number of ketones is 1. The van der Waals surface area contributed by atoms with Gasteiger partial charge in [-0.1, -0.05) is 5.57 Å². The molecule has 60 valence electrons. The maximum atomic E-state index is 11.4. The number of rotatable bonds is 1. The second-order valence-corrected chi connectivity index (χ2v) is 3.44. The zero-order chi connectivity index (χ0) is 8.06. The highest BCUT2D eigenvalue weighted by molar-refractivity contribution is 6.02. The molecule has 2 atom stereocenters. The van der Waals surface area contributed by atoms with Crippen LogP contribution in [-0.4, -0.2) is 18.5 Å². The summed E-state index contributed by atoms with van der Waals surface area (Å²) in [5.41, 5.74) is 0.771. The molecule has 0 aliphatic heterocycles. The molecule has 0 radical (unpaired) electrons. The summed E-state index contributed by atoms with van der Waals surface area (Å²) in [6.07, 6.45) is 3.75. The lowest BCUT2D eigenvalue weighted by Gasteiger charge is -2.43. The van der Waals surface area contributed by atoms with Crippen LogP contribution in [0.5, 0.6) is 0 Å². The fourth-order valence-electron chi connectivity index (χ4n) is 2.22. The van der Waals surface area contributed by atoms with Gasteiger partial charge in [0.2, 0.25) is 0 Å². The molecule has 0 N–H and O–H groups in total. The van der Waals surface area contributed by atoms with E-state index in [2.05, 4.69) is 0 Å². The molecule has 0 aromatic heterocycles. The predicted molar refractivity (Wildman–Crippen MR) is 41.2 cm³/mol. The number of hydrogen-bond acceptors (Lipinski definition) is 2. The highest BCUT2D eigenvalue weighted by Gasteiger charge is 2.56. The molecule has 0 saturated heterocycles. The summed E-state index contributed by atoms with van der Waals surface area (Å²) in [6.45, 7) is 2.02. The Balaban J connectivity index is 2.34. The number of ether oxygens (including phenoxy) is 1. The first-order valence-corrected chi connectivity index (χ1v) is 3.98. The molecule has 2 aliphatic carbocycles. The molecule has 2 heteroatoms. The molecule has 2 aliphatic rings. The number of fused-ring (bicyclic) bond motifs is 1. The van der Waals surface area contributed by atoms with Crippen molar-refractivity contribution >= 4 is 5.78 Å². The monoisotopic (exact) mass is 152 g/mol. The molecule has 1 saturated carbocycles. The van der Waals surface area contributed by atoms with E-state index >= 15 is 0 Å². The summed E-state index contributed by atoms with van der Waals surface area (Å²) in [6, 6.07) is 0. The lowest BCUT2D eigenvalue weighted by Crippen LogP contribution is -2.51. The van der Waals surface area contributed by atoms with Gasteiger partial charge in [-0.05, 0) is 25.8 Å². The number of methoxy groups -OCH3 is 1. The van der Waals surface area contributed by atoms with Gasteiger partial charge < -0.3 is 4.74 Å². The van der Waals surface area contributed by atoms with Crippen molar-refractivity contribution in [3.63, 3.8) is 0 Å². The molecule has 0 amide bonds. The van der Waals surface area contributed by atoms with E-state index in [-0.39, 0.29) is 5.78 Å². The van der Waals surface area contributed by atoms with Crippen molar-refractivity contribution in [3.05, 3.63) is 11.6 Å². The van der Waals surface area contributed by atoms with E-state index in [1.54, 1.807) is 13.2 Å². The third kappa shape index (κ3) is 0.632. The van der Waals surface area contributed by atoms with Gasteiger partial charge in [-0.3, -0.25) is 4.79 Å². The van der Waals surface area contributed by atoms with Crippen LogP contribution in [0.25, 0.3) is 0 Å². The quantitative estimate of drug-likeness (QED) is 0.566. The van der Waals surface area contributed by atoms with E-state index in [4.69, 9.17) is 4.74 Å². The number of carbonyl (C=O) groups excluding carboxylic acids is 1. The molecule has 0 spiro atoms. The van der Waals surface area contributed by atoms with Crippen molar-refractivity contribution < 1.29 is 9.53 Å². The van der Waals surface area contributed by atoms with Crippen molar-refractivity contribution in [3.8, 4) is 0 Å². The van der Waals surface area contributed by atoms with E-state index in [1.165, 1.54) is 5.57 Å². The molecule has 2 rings (SSSR count). The number of carbonyl (C=O) groups is 1. The largest absolute Gasteiger partial charge is 0.369 e. The minimum Gasteiger partial charge on any atom is -0.369 e. The summed E-state index contributed by atoms with van der Waals surface area (Å²) in [7, 11) is 1.64. The van der Waals surface area contributed by atoms with Crippen LogP contribution in [0.15, 0.2) is 11.6 Å². The minimum atomic E-state index is -0.427. The average Bonchev–Trinajstić information content (AvgIpc) is 2.00. The first-order chi connectivity index (χ1) is 5.20. The van der Waals surface area contributed by atoms with E-state index in [1.807, 2.05) is 6.92 Å². The summed E-state index contributed by atoms with van der Waals surface area (Å²) in [5, 5.41) is 0. The van der Waals surface area contributed by atoms with Crippen LogP contribution in [-0.2, 0) is 9.53 Å². The summed E-state index contributed by atoms with van der Waals surface area (Å²) in [4.78, 5) is 11.4. The normalized spacial score (nSPS) is 41.5. The van der Waals surface area contributed by atoms with E-state index in [0.717, 1.165) is 12.8 Å². The highest BCUT2D eigenvalue weighted by atomic mass is 16.5. The Morgan fingerprint density at radius 2 is 2.45 bits per heavy atom. The molecule has 0 aromatic carbocycles. The van der Waals surface area contributed by atoms with Gasteiger partial charge in [0.15, 0.2) is 5.78 Å². The Bertz CT molecular complexity index is 238. The van der Waals surface area contributed by atoms with Crippen molar-refractivity contribution in [1.29, 1.82) is 0 Å². The minimum absolute atomic E-state index is 0.175. The Kier molecular flexibility index (Phi) is 1.25. The second kappa shape index (κ2) is 1.95. The Hall–Kier alpha value is -0.630. The lowest BCUT2D eigenvalue weighted by atomic mass is 9.68. The smallest absolute Gasteiger partial charge is 0.188 e. The summed E-state index contributed by atoms with van der Waals surface area (Å²) < 4.78 is 5.28. The SMILES string of the molecule is COC12CCC1C(C)=CC2=O. The zero-order valence-electron chi connectivity index (χ0n) is 6.89. The first kappa shape index (κ1) is 7.04. The Morgan fingerprint density at radius 1 is 1.73 bits per heavy atom. The van der Waals surface area contributed by atoms with E-state index < -0.39 is 5.60 Å². The van der Waals surface area contributed by atoms with Crippen LogP contribution in [0, 0.1) is 5.92 Å². The van der Waals surface area contributed by atoms with Crippen LogP contribution >= 0.6 is 0 Å². The average molecular weight is 152 g/mol. The van der Waals surface area contributed by atoms with Gasteiger partial charge in [0.25, 0.3) is 0 Å². The topological polar surface area (TPSA) is 26.3 Å². The van der Waals surface area contributed by atoms with Crippen molar-refractivity contribution in [2.45, 2.75) is 25.4 Å². The fourth-order valence-corrected chi connectivity index (χ4v) is 2.22. The maximum Gasteiger partial charge on any atom is 0.188 e. The van der Waals surface area contributed by atoms with Gasteiger partial charge in [0, 0.05) is 13.0 Å². The number of hydrogen-bond donors (Lipinski definition) is 0. The first-order valence-electron chi connectivity index (χ1n) is 3.98. The molecule has 11 heavy (non-hydrogen) atoms. The summed E-state index contributed by atoms with van der Waals surface area (Å²) >= 11 is 0. The third-order valence-electron chi connectivity index (χ3n) is 3.06. The van der Waals surface area contributed by atoms with Crippen molar-refractivity contribution in [2.24, 2.45) is 5.92 Å². The van der Waals surface area contributed by atoms with Gasteiger partial charge in [-0.15, -0.1) is 0 Å². The van der Waals surface area contributed by atoms with Gasteiger partial charge in [-0.2, -0.15) is 0 Å². The molecule has 2 unspecified atom stereocenters. The van der Waals surface area contributed by atoms with Crippen LogP contribution in [0.3, 0.4) is 0 Å². The van der Waals surface area contributed by atoms with Gasteiger partial charge >= 0.3 is 0 Å². The van der Waals surface area contributed by atoms with Gasteiger partial charge in [0.1, 0.15) is 5.60 Å². The lowest BCUT2D eigenvalue weighted by molar-refractivity contribution is -0.152. The standard InChI is InChI=1S/C9H12O2/c1-6-5-8(10)9(11-2)4-3-7(6)9/h5,7H,3-4H2,1-2H3.